The predicted octanol–water partition coefficient (Wildman–Crippen LogP) is 3.97. The SMILES string of the molecule is Cc1cccc(S(=O)(=O)C(C#N)c2nc3ccccc3nc2N2CCCCC2)c1. The molecule has 0 aliphatic carbocycles. The van der Waals surface area contributed by atoms with Crippen LogP contribution in [0.1, 0.15) is 35.8 Å². The monoisotopic (exact) mass is 406 g/mol. The van der Waals surface area contributed by atoms with Gasteiger partial charge in [-0.15, -0.1) is 0 Å². The van der Waals surface area contributed by atoms with E-state index >= 15 is 0 Å². The van der Waals surface area contributed by atoms with Crippen LogP contribution in [0.5, 0.6) is 0 Å². The second-order valence-corrected chi connectivity index (χ2v) is 9.37. The van der Waals surface area contributed by atoms with Gasteiger partial charge in [-0.1, -0.05) is 24.3 Å². The molecule has 1 saturated heterocycles. The van der Waals surface area contributed by atoms with E-state index in [2.05, 4.69) is 9.88 Å². The molecule has 2 aromatic carbocycles. The number of para-hydroxylation sites is 2. The van der Waals surface area contributed by atoms with Crippen molar-refractivity contribution in [1.29, 1.82) is 5.26 Å². The van der Waals surface area contributed by atoms with Gasteiger partial charge in [0.15, 0.2) is 11.1 Å². The summed E-state index contributed by atoms with van der Waals surface area (Å²) in [7, 11) is -3.95. The fourth-order valence-electron chi connectivity index (χ4n) is 3.72. The van der Waals surface area contributed by atoms with Crippen molar-refractivity contribution in [2.45, 2.75) is 36.3 Å². The summed E-state index contributed by atoms with van der Waals surface area (Å²) >= 11 is 0. The van der Waals surface area contributed by atoms with Crippen molar-refractivity contribution in [3.8, 4) is 6.07 Å². The maximum atomic E-state index is 13.4. The molecule has 0 amide bonds. The van der Waals surface area contributed by atoms with Gasteiger partial charge in [0, 0.05) is 13.1 Å². The molecule has 0 N–H and O–H groups in total. The Labute approximate surface area is 170 Å². The molecule has 29 heavy (non-hydrogen) atoms. The third-order valence-corrected chi connectivity index (χ3v) is 7.09. The van der Waals surface area contributed by atoms with Crippen LogP contribution in [0, 0.1) is 18.3 Å². The number of fused-ring (bicyclic) bond motifs is 1. The van der Waals surface area contributed by atoms with Crippen molar-refractivity contribution in [1.82, 2.24) is 9.97 Å². The summed E-state index contributed by atoms with van der Waals surface area (Å²) in [6.07, 6.45) is 3.15. The van der Waals surface area contributed by atoms with Crippen molar-refractivity contribution in [2.75, 3.05) is 18.0 Å². The van der Waals surface area contributed by atoms with Gasteiger partial charge >= 0.3 is 0 Å². The first-order valence-electron chi connectivity index (χ1n) is 9.72. The Morgan fingerprint density at radius 2 is 1.69 bits per heavy atom. The largest absolute Gasteiger partial charge is 0.355 e. The third-order valence-electron chi connectivity index (χ3n) is 5.23. The Morgan fingerprint density at radius 1 is 1.00 bits per heavy atom. The number of benzene rings is 2. The second kappa shape index (κ2) is 7.80. The van der Waals surface area contributed by atoms with Crippen molar-refractivity contribution in [3.63, 3.8) is 0 Å². The molecular weight excluding hydrogens is 384 g/mol. The van der Waals surface area contributed by atoms with Gasteiger partial charge in [0.2, 0.25) is 9.84 Å². The van der Waals surface area contributed by atoms with E-state index in [9.17, 15) is 13.7 Å². The van der Waals surface area contributed by atoms with Crippen LogP contribution in [0.15, 0.2) is 53.4 Å². The predicted molar refractivity (Wildman–Crippen MR) is 112 cm³/mol. The number of piperidine rings is 1. The zero-order valence-corrected chi connectivity index (χ0v) is 17.1. The Balaban J connectivity index is 1.91. The van der Waals surface area contributed by atoms with Gasteiger partial charge in [-0.25, -0.2) is 18.4 Å². The first kappa shape index (κ1) is 19.3. The highest BCUT2D eigenvalue weighted by Gasteiger charge is 2.35. The molecule has 1 unspecified atom stereocenters. The van der Waals surface area contributed by atoms with Crippen molar-refractivity contribution in [3.05, 3.63) is 59.8 Å². The lowest BCUT2D eigenvalue weighted by Gasteiger charge is -2.30. The summed E-state index contributed by atoms with van der Waals surface area (Å²) in [6.45, 7) is 3.39. The summed E-state index contributed by atoms with van der Waals surface area (Å²) < 4.78 is 26.8. The molecule has 1 fully saturated rings. The van der Waals surface area contributed by atoms with E-state index in [0.717, 1.165) is 37.9 Å². The van der Waals surface area contributed by atoms with Crippen LogP contribution in [-0.2, 0) is 9.84 Å². The molecule has 0 spiro atoms. The molecule has 0 saturated carbocycles. The lowest BCUT2D eigenvalue weighted by Crippen LogP contribution is -2.32. The number of anilines is 1. The number of nitrogens with zero attached hydrogens (tertiary/aromatic N) is 4. The van der Waals surface area contributed by atoms with Gasteiger partial charge in [0.05, 0.1) is 22.0 Å². The highest BCUT2D eigenvalue weighted by Crippen LogP contribution is 2.35. The van der Waals surface area contributed by atoms with Crippen LogP contribution >= 0.6 is 0 Å². The standard InChI is InChI=1S/C22H22N4O2S/c1-16-8-7-9-17(14-16)29(27,28)20(15-23)21-22(26-12-5-2-6-13-26)25-19-11-4-3-10-18(19)24-21/h3-4,7-11,14,20H,2,5-6,12-13H2,1H3. The quantitative estimate of drug-likeness (QED) is 0.652. The van der Waals surface area contributed by atoms with E-state index in [1.54, 1.807) is 18.2 Å². The van der Waals surface area contributed by atoms with E-state index in [1.807, 2.05) is 37.3 Å². The van der Waals surface area contributed by atoms with Crippen LogP contribution in [0.3, 0.4) is 0 Å². The second-order valence-electron chi connectivity index (χ2n) is 7.34. The average Bonchev–Trinajstić information content (AvgIpc) is 2.74. The molecule has 0 radical (unpaired) electrons. The van der Waals surface area contributed by atoms with E-state index in [4.69, 9.17) is 4.98 Å². The summed E-state index contributed by atoms with van der Waals surface area (Å²) in [4.78, 5) is 11.6. The van der Waals surface area contributed by atoms with E-state index in [0.29, 0.717) is 16.9 Å². The van der Waals surface area contributed by atoms with Gasteiger partial charge in [-0.3, -0.25) is 0 Å². The summed E-state index contributed by atoms with van der Waals surface area (Å²) in [5.74, 6) is 0.506. The Bertz CT molecular complexity index is 1190. The Hall–Kier alpha value is -2.98. The van der Waals surface area contributed by atoms with Crippen LogP contribution in [0.25, 0.3) is 11.0 Å². The normalized spacial score (nSPS) is 15.8. The highest BCUT2D eigenvalue weighted by atomic mass is 32.2. The zero-order chi connectivity index (χ0) is 20.4. The first-order chi connectivity index (χ1) is 14.0. The molecule has 1 aliphatic rings. The van der Waals surface area contributed by atoms with Crippen molar-refractivity contribution >= 4 is 26.7 Å². The van der Waals surface area contributed by atoms with Crippen LogP contribution in [0.2, 0.25) is 0 Å². The molecule has 148 valence electrons. The Kier molecular flexibility index (Phi) is 5.20. The summed E-state index contributed by atoms with van der Waals surface area (Å²) in [5, 5.41) is 8.51. The van der Waals surface area contributed by atoms with Crippen LogP contribution in [-0.4, -0.2) is 31.5 Å². The van der Waals surface area contributed by atoms with E-state index < -0.39 is 15.1 Å². The smallest absolute Gasteiger partial charge is 0.200 e. The fourth-order valence-corrected chi connectivity index (χ4v) is 5.21. The van der Waals surface area contributed by atoms with Gasteiger partial charge < -0.3 is 4.90 Å². The fraction of sp³-hybridized carbons (Fsp3) is 0.318. The maximum Gasteiger partial charge on any atom is 0.200 e. The molecule has 0 bridgehead atoms. The number of hydrogen-bond acceptors (Lipinski definition) is 6. The number of nitriles is 1. The van der Waals surface area contributed by atoms with Gasteiger partial charge in [0.1, 0.15) is 5.69 Å². The summed E-state index contributed by atoms with van der Waals surface area (Å²) in [6, 6.07) is 16.0. The molecule has 3 aromatic rings. The summed E-state index contributed by atoms with van der Waals surface area (Å²) in [5.41, 5.74) is 2.32. The van der Waals surface area contributed by atoms with Crippen LogP contribution in [0.4, 0.5) is 5.82 Å². The lowest BCUT2D eigenvalue weighted by atomic mass is 10.1. The minimum Gasteiger partial charge on any atom is -0.355 e. The molecule has 7 heteroatoms. The molecule has 1 atom stereocenters. The molecule has 6 nitrogen and oxygen atoms in total. The van der Waals surface area contributed by atoms with E-state index in [1.165, 1.54) is 6.07 Å². The number of sulfone groups is 1. The molecule has 1 aliphatic heterocycles. The number of aromatic nitrogens is 2. The van der Waals surface area contributed by atoms with Crippen molar-refractivity contribution < 1.29 is 8.42 Å². The number of rotatable bonds is 4. The number of hydrogen-bond donors (Lipinski definition) is 0. The Morgan fingerprint density at radius 3 is 2.34 bits per heavy atom. The van der Waals surface area contributed by atoms with Crippen LogP contribution < -0.4 is 4.90 Å². The highest BCUT2D eigenvalue weighted by molar-refractivity contribution is 7.92. The minimum atomic E-state index is -3.95. The number of aryl methyl sites for hydroxylation is 1. The first-order valence-corrected chi connectivity index (χ1v) is 11.3. The molecule has 1 aromatic heterocycles. The van der Waals surface area contributed by atoms with E-state index in [-0.39, 0.29) is 10.6 Å². The lowest BCUT2D eigenvalue weighted by molar-refractivity contribution is 0.569. The van der Waals surface area contributed by atoms with Crippen molar-refractivity contribution in [2.24, 2.45) is 0 Å². The maximum absolute atomic E-state index is 13.4. The minimum absolute atomic E-state index is 0.128. The van der Waals surface area contributed by atoms with Gasteiger partial charge in [-0.05, 0) is 56.0 Å². The topological polar surface area (TPSA) is 86.9 Å². The molecule has 2 heterocycles. The zero-order valence-electron chi connectivity index (χ0n) is 16.2. The average molecular weight is 407 g/mol. The van der Waals surface area contributed by atoms with Gasteiger partial charge in [-0.2, -0.15) is 5.26 Å². The third kappa shape index (κ3) is 3.68. The molecular formula is C22H22N4O2S. The van der Waals surface area contributed by atoms with Gasteiger partial charge in [0.25, 0.3) is 0 Å². The molecule has 4 rings (SSSR count).